The molecular weight excluding hydrogens is 305 g/mol. The molecule has 1 atom stereocenters. The maximum absolute atomic E-state index is 12.9. The van der Waals surface area contributed by atoms with E-state index in [1.807, 2.05) is 13.8 Å². The highest BCUT2D eigenvalue weighted by Crippen LogP contribution is 2.21. The molecule has 116 valence electrons. The molecule has 0 fully saturated rings. The van der Waals surface area contributed by atoms with E-state index in [9.17, 15) is 9.18 Å². The Labute approximate surface area is 134 Å². The predicted octanol–water partition coefficient (Wildman–Crippen LogP) is 4.04. The first-order valence-corrected chi connectivity index (χ1v) is 7.27. The minimum atomic E-state index is -0.302. The minimum absolute atomic E-state index is 0.0893. The molecule has 0 saturated heterocycles. The van der Waals surface area contributed by atoms with Gasteiger partial charge >= 0.3 is 0 Å². The van der Waals surface area contributed by atoms with E-state index in [1.54, 1.807) is 30.3 Å². The molecule has 5 heteroatoms. The second-order valence-corrected chi connectivity index (χ2v) is 5.48. The van der Waals surface area contributed by atoms with Crippen LogP contribution in [0.25, 0.3) is 0 Å². The summed E-state index contributed by atoms with van der Waals surface area (Å²) in [6, 6.07) is 11.0. The van der Waals surface area contributed by atoms with Crippen molar-refractivity contribution in [1.29, 1.82) is 0 Å². The second-order valence-electron chi connectivity index (χ2n) is 5.04. The molecule has 2 rings (SSSR count). The molecule has 3 nitrogen and oxygen atoms in total. The average Bonchev–Trinajstić information content (AvgIpc) is 2.47. The quantitative estimate of drug-likeness (QED) is 0.902. The van der Waals surface area contributed by atoms with Crippen molar-refractivity contribution in [3.8, 4) is 5.75 Å². The van der Waals surface area contributed by atoms with E-state index >= 15 is 0 Å². The Morgan fingerprint density at radius 2 is 1.95 bits per heavy atom. The number of halogens is 2. The summed E-state index contributed by atoms with van der Waals surface area (Å²) in [5, 5.41) is 3.43. The van der Waals surface area contributed by atoms with Gasteiger partial charge in [0, 0.05) is 5.02 Å². The third-order valence-corrected chi connectivity index (χ3v) is 3.48. The Hall–Kier alpha value is -2.07. The summed E-state index contributed by atoms with van der Waals surface area (Å²) in [4.78, 5) is 11.9. The molecule has 2 aromatic rings. The molecule has 0 spiro atoms. The zero-order valence-corrected chi connectivity index (χ0v) is 13.2. The van der Waals surface area contributed by atoms with Crippen LogP contribution in [-0.4, -0.2) is 12.5 Å². The summed E-state index contributed by atoms with van der Waals surface area (Å²) in [6.07, 6.45) is 0. The van der Waals surface area contributed by atoms with Crippen molar-refractivity contribution in [3.63, 3.8) is 0 Å². The zero-order valence-electron chi connectivity index (χ0n) is 12.4. The molecule has 1 N–H and O–H groups in total. The SMILES string of the molecule is Cc1cc(Cl)ccc1OCC(=O)N[C@H](C)c1ccc(F)cc1. The molecule has 0 unspecified atom stereocenters. The Morgan fingerprint density at radius 1 is 1.27 bits per heavy atom. The number of benzene rings is 2. The van der Waals surface area contributed by atoms with Gasteiger partial charge in [0.05, 0.1) is 6.04 Å². The van der Waals surface area contributed by atoms with Gasteiger partial charge in [-0.1, -0.05) is 23.7 Å². The first-order valence-electron chi connectivity index (χ1n) is 6.89. The van der Waals surface area contributed by atoms with Crippen molar-refractivity contribution in [2.24, 2.45) is 0 Å². The van der Waals surface area contributed by atoms with Crippen molar-refractivity contribution < 1.29 is 13.9 Å². The van der Waals surface area contributed by atoms with Gasteiger partial charge < -0.3 is 10.1 Å². The first-order chi connectivity index (χ1) is 10.5. The van der Waals surface area contributed by atoms with E-state index in [0.717, 1.165) is 11.1 Å². The van der Waals surface area contributed by atoms with Crippen LogP contribution in [0.15, 0.2) is 42.5 Å². The molecular formula is C17H17ClFNO2. The van der Waals surface area contributed by atoms with Gasteiger partial charge in [-0.15, -0.1) is 0 Å². The highest BCUT2D eigenvalue weighted by Gasteiger charge is 2.11. The van der Waals surface area contributed by atoms with Crippen LogP contribution in [0.3, 0.4) is 0 Å². The van der Waals surface area contributed by atoms with E-state index in [2.05, 4.69) is 5.32 Å². The van der Waals surface area contributed by atoms with Gasteiger partial charge in [0.2, 0.25) is 0 Å². The standard InChI is InChI=1S/C17H17ClFNO2/c1-11-9-14(18)5-8-16(11)22-10-17(21)20-12(2)13-3-6-15(19)7-4-13/h3-9,12H,10H2,1-2H3,(H,20,21)/t12-/m1/s1. The maximum Gasteiger partial charge on any atom is 0.258 e. The first kappa shape index (κ1) is 16.3. The number of hydrogen-bond donors (Lipinski definition) is 1. The van der Waals surface area contributed by atoms with Gasteiger partial charge in [-0.05, 0) is 55.3 Å². The molecule has 2 aromatic carbocycles. The lowest BCUT2D eigenvalue weighted by Gasteiger charge is -2.15. The van der Waals surface area contributed by atoms with Crippen LogP contribution < -0.4 is 10.1 Å². The van der Waals surface area contributed by atoms with Gasteiger partial charge in [0.15, 0.2) is 6.61 Å². The van der Waals surface area contributed by atoms with Crippen LogP contribution in [-0.2, 0) is 4.79 Å². The van der Waals surface area contributed by atoms with Crippen LogP contribution in [0, 0.1) is 12.7 Å². The van der Waals surface area contributed by atoms with Crippen LogP contribution >= 0.6 is 11.6 Å². The lowest BCUT2D eigenvalue weighted by molar-refractivity contribution is -0.123. The molecule has 0 radical (unpaired) electrons. The summed E-state index contributed by atoms with van der Waals surface area (Å²) >= 11 is 5.87. The van der Waals surface area contributed by atoms with Gasteiger partial charge in [-0.25, -0.2) is 4.39 Å². The number of rotatable bonds is 5. The molecule has 0 aromatic heterocycles. The Bertz CT molecular complexity index is 658. The van der Waals surface area contributed by atoms with E-state index in [0.29, 0.717) is 10.8 Å². The topological polar surface area (TPSA) is 38.3 Å². The second kappa shape index (κ2) is 7.27. The fraction of sp³-hybridized carbons (Fsp3) is 0.235. The van der Waals surface area contributed by atoms with E-state index in [-0.39, 0.29) is 24.4 Å². The van der Waals surface area contributed by atoms with Gasteiger partial charge in [0.25, 0.3) is 5.91 Å². The van der Waals surface area contributed by atoms with Crippen molar-refractivity contribution in [3.05, 3.63) is 64.4 Å². The van der Waals surface area contributed by atoms with Crippen LogP contribution in [0.2, 0.25) is 5.02 Å². The Kier molecular flexibility index (Phi) is 5.39. The number of carbonyl (C=O) groups excluding carboxylic acids is 1. The van der Waals surface area contributed by atoms with Crippen LogP contribution in [0.4, 0.5) is 4.39 Å². The number of carbonyl (C=O) groups is 1. The van der Waals surface area contributed by atoms with E-state index in [4.69, 9.17) is 16.3 Å². The van der Waals surface area contributed by atoms with Crippen molar-refractivity contribution >= 4 is 17.5 Å². The largest absolute Gasteiger partial charge is 0.484 e. The highest BCUT2D eigenvalue weighted by molar-refractivity contribution is 6.30. The zero-order chi connectivity index (χ0) is 16.1. The molecule has 0 saturated carbocycles. The van der Waals surface area contributed by atoms with Gasteiger partial charge in [0.1, 0.15) is 11.6 Å². The summed E-state index contributed by atoms with van der Waals surface area (Å²) in [6.45, 7) is 3.60. The fourth-order valence-corrected chi connectivity index (χ4v) is 2.26. The van der Waals surface area contributed by atoms with Crippen LogP contribution in [0.5, 0.6) is 5.75 Å². The smallest absolute Gasteiger partial charge is 0.258 e. The van der Waals surface area contributed by atoms with Crippen LogP contribution in [0.1, 0.15) is 24.1 Å². The molecule has 0 aliphatic heterocycles. The highest BCUT2D eigenvalue weighted by atomic mass is 35.5. The van der Waals surface area contributed by atoms with Gasteiger partial charge in [-0.2, -0.15) is 0 Å². The molecule has 0 heterocycles. The Morgan fingerprint density at radius 3 is 2.59 bits per heavy atom. The summed E-state index contributed by atoms with van der Waals surface area (Å²) in [5.41, 5.74) is 1.70. The average molecular weight is 322 g/mol. The monoisotopic (exact) mass is 321 g/mol. The molecule has 1 amide bonds. The number of hydrogen-bond acceptors (Lipinski definition) is 2. The van der Waals surface area contributed by atoms with Crippen molar-refractivity contribution in [2.75, 3.05) is 6.61 Å². The van der Waals surface area contributed by atoms with E-state index in [1.165, 1.54) is 12.1 Å². The maximum atomic E-state index is 12.9. The number of nitrogens with one attached hydrogen (secondary N) is 1. The summed E-state index contributed by atoms with van der Waals surface area (Å²) in [7, 11) is 0. The van der Waals surface area contributed by atoms with Crippen molar-refractivity contribution in [2.45, 2.75) is 19.9 Å². The number of aryl methyl sites for hydroxylation is 1. The molecule has 0 aliphatic rings. The lowest BCUT2D eigenvalue weighted by Crippen LogP contribution is -2.31. The molecule has 0 aliphatic carbocycles. The third-order valence-electron chi connectivity index (χ3n) is 3.24. The normalized spacial score (nSPS) is 11.8. The molecule has 22 heavy (non-hydrogen) atoms. The predicted molar refractivity (Wildman–Crippen MR) is 84.6 cm³/mol. The molecule has 0 bridgehead atoms. The third kappa shape index (κ3) is 4.46. The number of amides is 1. The Balaban J connectivity index is 1.88. The van der Waals surface area contributed by atoms with Gasteiger partial charge in [-0.3, -0.25) is 4.79 Å². The van der Waals surface area contributed by atoms with E-state index < -0.39 is 0 Å². The summed E-state index contributed by atoms with van der Waals surface area (Å²) in [5.74, 6) is 0.0731. The lowest BCUT2D eigenvalue weighted by atomic mass is 10.1. The van der Waals surface area contributed by atoms with Crippen molar-refractivity contribution in [1.82, 2.24) is 5.32 Å². The summed E-state index contributed by atoms with van der Waals surface area (Å²) < 4.78 is 18.3. The minimum Gasteiger partial charge on any atom is -0.484 e. The fourth-order valence-electron chi connectivity index (χ4n) is 2.04. The number of ether oxygens (including phenoxy) is 1.